The number of esters is 1. The summed E-state index contributed by atoms with van der Waals surface area (Å²) in [5.41, 5.74) is -0.129. The van der Waals surface area contributed by atoms with Crippen LogP contribution in [0.4, 0.5) is 14.9 Å². The van der Waals surface area contributed by atoms with Crippen molar-refractivity contribution in [1.82, 2.24) is 0 Å². The van der Waals surface area contributed by atoms with Gasteiger partial charge in [0, 0.05) is 5.69 Å². The third-order valence-corrected chi connectivity index (χ3v) is 4.48. The Kier molecular flexibility index (Phi) is 8.23. The zero-order valence-corrected chi connectivity index (χ0v) is 16.8. The van der Waals surface area contributed by atoms with Crippen LogP contribution < -0.4 is 5.32 Å². The van der Waals surface area contributed by atoms with Crippen molar-refractivity contribution >= 4 is 17.7 Å². The summed E-state index contributed by atoms with van der Waals surface area (Å²) in [5, 5.41) is 2.52. The lowest BCUT2D eigenvalue weighted by Gasteiger charge is -2.28. The van der Waals surface area contributed by atoms with Crippen LogP contribution in [0.25, 0.3) is 0 Å². The number of rotatable bonds is 7. The number of anilines is 1. The molecule has 1 aliphatic carbocycles. The predicted molar refractivity (Wildman–Crippen MR) is 103 cm³/mol. The maximum absolute atomic E-state index is 13.1. The van der Waals surface area contributed by atoms with Crippen LogP contribution in [-0.4, -0.2) is 37.5 Å². The van der Waals surface area contributed by atoms with Gasteiger partial charge in [-0.25, -0.2) is 14.0 Å². The van der Waals surface area contributed by atoms with Crippen LogP contribution in [-0.2, 0) is 19.0 Å². The van der Waals surface area contributed by atoms with Crippen molar-refractivity contribution in [2.45, 2.75) is 52.1 Å². The van der Waals surface area contributed by atoms with Crippen molar-refractivity contribution in [3.8, 4) is 0 Å². The number of hydrogen-bond acceptors (Lipinski definition) is 5. The average Bonchev–Trinajstić information content (AvgIpc) is 2.59. The highest BCUT2D eigenvalue weighted by Crippen LogP contribution is 2.29. The molecule has 1 saturated carbocycles. The van der Waals surface area contributed by atoms with E-state index in [1.807, 2.05) is 20.8 Å². The molecule has 0 aromatic heterocycles. The maximum atomic E-state index is 13.1. The molecule has 0 saturated heterocycles. The van der Waals surface area contributed by atoms with Gasteiger partial charge in [0.2, 0.25) is 0 Å². The van der Waals surface area contributed by atoms with Crippen molar-refractivity contribution < 1.29 is 28.2 Å². The van der Waals surface area contributed by atoms with Crippen molar-refractivity contribution in [2.75, 3.05) is 25.1 Å². The van der Waals surface area contributed by atoms with Crippen LogP contribution >= 0.6 is 0 Å². The van der Waals surface area contributed by atoms with Gasteiger partial charge in [-0.1, -0.05) is 6.07 Å². The second kappa shape index (κ2) is 10.4. The smallest absolute Gasteiger partial charge is 0.411 e. The van der Waals surface area contributed by atoms with Gasteiger partial charge >= 0.3 is 12.1 Å². The Balaban J connectivity index is 1.58. The number of carbonyl (C=O) groups is 2. The fraction of sp³-hybridized carbons (Fsp3) is 0.619. The Morgan fingerprint density at radius 2 is 1.75 bits per heavy atom. The van der Waals surface area contributed by atoms with Crippen molar-refractivity contribution in [2.24, 2.45) is 11.8 Å². The Morgan fingerprint density at radius 1 is 1.11 bits per heavy atom. The molecule has 28 heavy (non-hydrogen) atoms. The molecule has 0 unspecified atom stereocenters. The Hall–Kier alpha value is -2.15. The lowest BCUT2D eigenvalue weighted by Crippen LogP contribution is -2.28. The van der Waals surface area contributed by atoms with E-state index in [2.05, 4.69) is 5.32 Å². The standard InChI is InChI=1S/C21H30FNO5/c1-21(2,3)28-19(24)14-26-12-15-7-9-16(10-8-15)13-27-20(25)23-18-6-4-5-17(22)11-18/h4-6,11,15-16H,7-10,12-14H2,1-3H3,(H,23,25). The Morgan fingerprint density at radius 3 is 2.36 bits per heavy atom. The average molecular weight is 395 g/mol. The second-order valence-corrected chi connectivity index (χ2v) is 8.22. The molecular weight excluding hydrogens is 365 g/mol. The molecular formula is C21H30FNO5. The first kappa shape index (κ1) is 22.1. The Bertz CT molecular complexity index is 650. The minimum Gasteiger partial charge on any atom is -0.458 e. The molecule has 0 aliphatic heterocycles. The summed E-state index contributed by atoms with van der Waals surface area (Å²) in [4.78, 5) is 23.4. The lowest BCUT2D eigenvalue weighted by atomic mass is 9.83. The molecule has 1 amide bonds. The van der Waals surface area contributed by atoms with E-state index in [0.717, 1.165) is 25.7 Å². The van der Waals surface area contributed by atoms with Crippen LogP contribution in [0.3, 0.4) is 0 Å². The SMILES string of the molecule is CC(C)(C)OC(=O)COCC1CCC(COC(=O)Nc2cccc(F)c2)CC1. The molecule has 0 heterocycles. The van der Waals surface area contributed by atoms with E-state index < -0.39 is 17.5 Å². The van der Waals surface area contributed by atoms with E-state index in [0.29, 0.717) is 30.7 Å². The number of halogens is 1. The number of benzene rings is 1. The summed E-state index contributed by atoms with van der Waals surface area (Å²) in [6.07, 6.45) is 3.23. The van der Waals surface area contributed by atoms with Gasteiger partial charge in [-0.05, 0) is 76.5 Å². The van der Waals surface area contributed by atoms with Gasteiger partial charge < -0.3 is 14.2 Å². The molecule has 1 N–H and O–H groups in total. The lowest BCUT2D eigenvalue weighted by molar-refractivity contribution is -0.160. The quantitative estimate of drug-likeness (QED) is 0.686. The molecule has 0 radical (unpaired) electrons. The minimum absolute atomic E-state index is 0.0272. The minimum atomic E-state index is -0.576. The molecule has 1 fully saturated rings. The summed E-state index contributed by atoms with van der Waals surface area (Å²) < 4.78 is 29.1. The number of carbonyl (C=O) groups excluding carboxylic acids is 2. The highest BCUT2D eigenvalue weighted by Gasteiger charge is 2.23. The predicted octanol–water partition coefficient (Wildman–Crippen LogP) is 4.54. The molecule has 0 atom stereocenters. The number of nitrogens with one attached hydrogen (secondary N) is 1. The van der Waals surface area contributed by atoms with Crippen molar-refractivity contribution in [3.63, 3.8) is 0 Å². The first-order valence-corrected chi connectivity index (χ1v) is 9.70. The summed E-state index contributed by atoms with van der Waals surface area (Å²) >= 11 is 0. The third-order valence-electron chi connectivity index (χ3n) is 4.48. The fourth-order valence-corrected chi connectivity index (χ4v) is 3.16. The molecule has 1 aliphatic rings. The van der Waals surface area contributed by atoms with E-state index in [-0.39, 0.29) is 12.6 Å². The summed E-state index contributed by atoms with van der Waals surface area (Å²) in [6.45, 7) is 6.33. The number of hydrogen-bond donors (Lipinski definition) is 1. The maximum Gasteiger partial charge on any atom is 0.411 e. The summed E-state index contributed by atoms with van der Waals surface area (Å²) in [6, 6.07) is 5.68. The molecule has 156 valence electrons. The number of amides is 1. The Labute approximate surface area is 165 Å². The molecule has 1 aromatic rings. The first-order chi connectivity index (χ1) is 13.2. The molecule has 0 bridgehead atoms. The highest BCUT2D eigenvalue weighted by molar-refractivity contribution is 5.84. The van der Waals surface area contributed by atoms with E-state index in [1.54, 1.807) is 6.07 Å². The zero-order valence-electron chi connectivity index (χ0n) is 16.8. The van der Waals surface area contributed by atoms with Gasteiger partial charge in [-0.2, -0.15) is 0 Å². The molecule has 7 heteroatoms. The van der Waals surface area contributed by atoms with E-state index >= 15 is 0 Å². The summed E-state index contributed by atoms with van der Waals surface area (Å²) in [5.74, 6) is -0.0518. The second-order valence-electron chi connectivity index (χ2n) is 8.22. The summed E-state index contributed by atoms with van der Waals surface area (Å²) in [7, 11) is 0. The van der Waals surface area contributed by atoms with Crippen molar-refractivity contribution in [1.29, 1.82) is 0 Å². The van der Waals surface area contributed by atoms with Gasteiger partial charge in [0.25, 0.3) is 0 Å². The largest absolute Gasteiger partial charge is 0.458 e. The van der Waals surface area contributed by atoms with E-state index in [9.17, 15) is 14.0 Å². The van der Waals surface area contributed by atoms with Crippen LogP contribution in [0.2, 0.25) is 0 Å². The molecule has 1 aromatic carbocycles. The zero-order chi connectivity index (χ0) is 20.6. The molecule has 2 rings (SSSR count). The first-order valence-electron chi connectivity index (χ1n) is 9.70. The van der Waals surface area contributed by atoms with Crippen LogP contribution in [0.1, 0.15) is 46.5 Å². The normalized spacial score (nSPS) is 19.7. The molecule has 0 spiro atoms. The van der Waals surface area contributed by atoms with Crippen LogP contribution in [0.15, 0.2) is 24.3 Å². The van der Waals surface area contributed by atoms with Gasteiger partial charge in [-0.15, -0.1) is 0 Å². The van der Waals surface area contributed by atoms with Gasteiger partial charge in [0.1, 0.15) is 18.0 Å². The van der Waals surface area contributed by atoms with Gasteiger partial charge in [0.15, 0.2) is 0 Å². The topological polar surface area (TPSA) is 73.9 Å². The van der Waals surface area contributed by atoms with Crippen LogP contribution in [0.5, 0.6) is 0 Å². The highest BCUT2D eigenvalue weighted by atomic mass is 19.1. The fourth-order valence-electron chi connectivity index (χ4n) is 3.16. The van der Waals surface area contributed by atoms with Gasteiger partial charge in [0.05, 0.1) is 13.2 Å². The van der Waals surface area contributed by atoms with Gasteiger partial charge in [-0.3, -0.25) is 5.32 Å². The third kappa shape index (κ3) is 8.69. The monoisotopic (exact) mass is 395 g/mol. The van der Waals surface area contributed by atoms with Crippen LogP contribution in [0, 0.1) is 17.7 Å². The van der Waals surface area contributed by atoms with E-state index in [4.69, 9.17) is 14.2 Å². The van der Waals surface area contributed by atoms with Crippen molar-refractivity contribution in [3.05, 3.63) is 30.1 Å². The number of ether oxygens (including phenoxy) is 3. The molecule has 6 nitrogen and oxygen atoms in total. The van der Waals surface area contributed by atoms with E-state index in [1.165, 1.54) is 18.2 Å².